The molecule has 2 aromatic carbocycles. The van der Waals surface area contributed by atoms with Crippen LogP contribution in [0.25, 0.3) is 5.69 Å². The standard InChI is InChI=1S/C22H23FN4O2/c23-19-8-6-17(7-9-19)21(26-10-12-29-13-11-26)15-24-22(28)18-14-25-27(16-18)20-4-2-1-3-5-20/h1-9,14,16,21H,10-13,15H2,(H,24,28). The Bertz CT molecular complexity index is 937. The van der Waals surface area contributed by atoms with Gasteiger partial charge in [0.05, 0.1) is 36.7 Å². The van der Waals surface area contributed by atoms with E-state index in [2.05, 4.69) is 15.3 Å². The first kappa shape index (κ1) is 19.3. The van der Waals surface area contributed by atoms with Crippen molar-refractivity contribution in [1.29, 1.82) is 0 Å². The lowest BCUT2D eigenvalue weighted by molar-refractivity contribution is 0.0162. The normalized spacial score (nSPS) is 15.8. The van der Waals surface area contributed by atoms with Gasteiger partial charge in [-0.25, -0.2) is 9.07 Å². The molecule has 6 nitrogen and oxygen atoms in total. The Balaban J connectivity index is 1.46. The molecule has 0 spiro atoms. The van der Waals surface area contributed by atoms with Crippen LogP contribution in [0, 0.1) is 5.82 Å². The summed E-state index contributed by atoms with van der Waals surface area (Å²) in [5, 5.41) is 7.29. The van der Waals surface area contributed by atoms with Crippen LogP contribution in [0.3, 0.4) is 0 Å². The number of ether oxygens (including phenoxy) is 1. The number of hydrogen-bond acceptors (Lipinski definition) is 4. The smallest absolute Gasteiger partial charge is 0.254 e. The summed E-state index contributed by atoms with van der Waals surface area (Å²) in [6.07, 6.45) is 3.27. The molecular weight excluding hydrogens is 371 g/mol. The fraction of sp³-hybridized carbons (Fsp3) is 0.273. The molecule has 1 aromatic heterocycles. The average molecular weight is 394 g/mol. The zero-order valence-electron chi connectivity index (χ0n) is 16.0. The number of carbonyl (C=O) groups is 1. The molecule has 150 valence electrons. The quantitative estimate of drug-likeness (QED) is 0.699. The van der Waals surface area contributed by atoms with Crippen molar-refractivity contribution in [2.24, 2.45) is 0 Å². The van der Waals surface area contributed by atoms with Crippen molar-refractivity contribution in [2.75, 3.05) is 32.8 Å². The number of carbonyl (C=O) groups excluding carboxylic acids is 1. The lowest BCUT2D eigenvalue weighted by Gasteiger charge is -2.34. The number of hydrogen-bond donors (Lipinski definition) is 1. The van der Waals surface area contributed by atoms with Crippen LogP contribution in [0.1, 0.15) is 22.0 Å². The minimum absolute atomic E-state index is 0.0485. The van der Waals surface area contributed by atoms with Crippen molar-refractivity contribution in [2.45, 2.75) is 6.04 Å². The number of nitrogens with one attached hydrogen (secondary N) is 1. The molecule has 29 heavy (non-hydrogen) atoms. The first-order valence-electron chi connectivity index (χ1n) is 9.66. The molecular formula is C22H23FN4O2. The highest BCUT2D eigenvalue weighted by atomic mass is 19.1. The fourth-order valence-electron chi connectivity index (χ4n) is 3.49. The molecule has 0 aliphatic carbocycles. The van der Waals surface area contributed by atoms with Crippen molar-refractivity contribution in [3.05, 3.63) is 83.9 Å². The van der Waals surface area contributed by atoms with Crippen molar-refractivity contribution >= 4 is 5.91 Å². The molecule has 7 heteroatoms. The number of nitrogens with zero attached hydrogens (tertiary/aromatic N) is 3. The van der Waals surface area contributed by atoms with Crippen LogP contribution in [0.2, 0.25) is 0 Å². The number of benzene rings is 2. The maximum Gasteiger partial charge on any atom is 0.254 e. The molecule has 1 atom stereocenters. The summed E-state index contributed by atoms with van der Waals surface area (Å²) in [6, 6.07) is 16.0. The zero-order chi connectivity index (χ0) is 20.1. The van der Waals surface area contributed by atoms with E-state index in [0.29, 0.717) is 25.3 Å². The largest absolute Gasteiger partial charge is 0.379 e. The van der Waals surface area contributed by atoms with E-state index >= 15 is 0 Å². The molecule has 3 aromatic rings. The summed E-state index contributed by atoms with van der Waals surface area (Å²) >= 11 is 0. The van der Waals surface area contributed by atoms with Gasteiger partial charge in [0.15, 0.2) is 0 Å². The van der Waals surface area contributed by atoms with E-state index in [9.17, 15) is 9.18 Å². The Morgan fingerprint density at radius 1 is 1.10 bits per heavy atom. The molecule has 1 aliphatic rings. The fourth-order valence-corrected chi connectivity index (χ4v) is 3.49. The molecule has 1 aliphatic heterocycles. The Morgan fingerprint density at radius 2 is 1.83 bits per heavy atom. The monoisotopic (exact) mass is 394 g/mol. The highest BCUT2D eigenvalue weighted by Gasteiger charge is 2.23. The maximum atomic E-state index is 13.4. The molecule has 1 N–H and O–H groups in total. The minimum Gasteiger partial charge on any atom is -0.379 e. The average Bonchev–Trinajstić information content (AvgIpc) is 3.27. The number of para-hydroxylation sites is 1. The van der Waals surface area contributed by atoms with Gasteiger partial charge in [-0.3, -0.25) is 9.69 Å². The summed E-state index contributed by atoms with van der Waals surface area (Å²) in [7, 11) is 0. The topological polar surface area (TPSA) is 59.4 Å². The van der Waals surface area contributed by atoms with Gasteiger partial charge in [0, 0.05) is 25.8 Å². The van der Waals surface area contributed by atoms with E-state index in [1.54, 1.807) is 29.2 Å². The summed E-state index contributed by atoms with van der Waals surface area (Å²) in [4.78, 5) is 14.9. The molecule has 1 fully saturated rings. The first-order chi connectivity index (χ1) is 14.2. The van der Waals surface area contributed by atoms with Crippen molar-refractivity contribution in [3.63, 3.8) is 0 Å². The van der Waals surface area contributed by atoms with Crippen LogP contribution in [0.4, 0.5) is 4.39 Å². The van der Waals surface area contributed by atoms with Crippen LogP contribution in [-0.4, -0.2) is 53.4 Å². The second-order valence-electron chi connectivity index (χ2n) is 6.93. The summed E-state index contributed by atoms with van der Waals surface area (Å²) in [6.45, 7) is 3.25. The highest BCUT2D eigenvalue weighted by Crippen LogP contribution is 2.22. The van der Waals surface area contributed by atoms with Crippen molar-refractivity contribution in [3.8, 4) is 5.69 Å². The van der Waals surface area contributed by atoms with E-state index in [1.165, 1.54) is 12.1 Å². The van der Waals surface area contributed by atoms with Crippen LogP contribution in [0.5, 0.6) is 0 Å². The molecule has 0 bridgehead atoms. The van der Waals surface area contributed by atoms with Gasteiger partial charge in [-0.05, 0) is 29.8 Å². The van der Waals surface area contributed by atoms with Crippen LogP contribution in [-0.2, 0) is 4.74 Å². The van der Waals surface area contributed by atoms with Crippen molar-refractivity contribution in [1.82, 2.24) is 20.0 Å². The van der Waals surface area contributed by atoms with Gasteiger partial charge in [0.25, 0.3) is 5.91 Å². The van der Waals surface area contributed by atoms with Crippen LogP contribution >= 0.6 is 0 Å². The molecule has 1 unspecified atom stereocenters. The van der Waals surface area contributed by atoms with Gasteiger partial charge in [0.2, 0.25) is 0 Å². The molecule has 1 saturated heterocycles. The first-order valence-corrected chi connectivity index (χ1v) is 9.66. The lowest BCUT2D eigenvalue weighted by Crippen LogP contribution is -2.43. The predicted octanol–water partition coefficient (Wildman–Crippen LogP) is 2.81. The van der Waals surface area contributed by atoms with E-state index in [0.717, 1.165) is 24.3 Å². The van der Waals surface area contributed by atoms with Gasteiger partial charge in [-0.15, -0.1) is 0 Å². The minimum atomic E-state index is -0.271. The second kappa shape index (κ2) is 8.98. The number of amides is 1. The highest BCUT2D eigenvalue weighted by molar-refractivity contribution is 5.93. The predicted molar refractivity (Wildman–Crippen MR) is 107 cm³/mol. The summed E-state index contributed by atoms with van der Waals surface area (Å²) < 4.78 is 20.5. The van der Waals surface area contributed by atoms with Gasteiger partial charge in [-0.1, -0.05) is 30.3 Å². The maximum absolute atomic E-state index is 13.4. The summed E-state index contributed by atoms with van der Waals surface area (Å²) in [5.41, 5.74) is 2.35. The third kappa shape index (κ3) is 4.70. The SMILES string of the molecule is O=C(NCC(c1ccc(F)cc1)N1CCOCC1)c1cnn(-c2ccccc2)c1. The van der Waals surface area contributed by atoms with Crippen molar-refractivity contribution < 1.29 is 13.9 Å². The van der Waals surface area contributed by atoms with E-state index in [-0.39, 0.29) is 17.8 Å². The Kier molecular flexibility index (Phi) is 5.97. The summed E-state index contributed by atoms with van der Waals surface area (Å²) in [5.74, 6) is -0.459. The molecule has 0 saturated carbocycles. The second-order valence-corrected chi connectivity index (χ2v) is 6.93. The Labute approximate surface area is 168 Å². The van der Waals surface area contributed by atoms with Gasteiger partial charge in [0.1, 0.15) is 5.82 Å². The van der Waals surface area contributed by atoms with E-state index in [1.807, 2.05) is 30.3 Å². The molecule has 4 rings (SSSR count). The lowest BCUT2D eigenvalue weighted by atomic mass is 10.0. The molecule has 1 amide bonds. The Hall–Kier alpha value is -3.03. The zero-order valence-corrected chi connectivity index (χ0v) is 16.0. The van der Waals surface area contributed by atoms with Crippen LogP contribution < -0.4 is 5.32 Å². The number of aromatic nitrogens is 2. The van der Waals surface area contributed by atoms with Gasteiger partial charge in [-0.2, -0.15) is 5.10 Å². The van der Waals surface area contributed by atoms with E-state index < -0.39 is 0 Å². The van der Waals surface area contributed by atoms with E-state index in [4.69, 9.17) is 4.74 Å². The van der Waals surface area contributed by atoms with Gasteiger partial charge < -0.3 is 10.1 Å². The Morgan fingerprint density at radius 3 is 2.55 bits per heavy atom. The van der Waals surface area contributed by atoms with Gasteiger partial charge >= 0.3 is 0 Å². The molecule has 0 radical (unpaired) electrons. The number of morpholine rings is 1. The number of halogens is 1. The van der Waals surface area contributed by atoms with Crippen LogP contribution in [0.15, 0.2) is 67.0 Å². The third-order valence-electron chi connectivity index (χ3n) is 5.06. The number of rotatable bonds is 6. The molecule has 2 heterocycles. The third-order valence-corrected chi connectivity index (χ3v) is 5.06.